The molecule has 2 aliphatic rings. The highest BCUT2D eigenvalue weighted by atomic mass is 19.4. The van der Waals surface area contributed by atoms with Crippen LogP contribution in [0.15, 0.2) is 42.5 Å². The second kappa shape index (κ2) is 11.8. The van der Waals surface area contributed by atoms with Gasteiger partial charge in [0.15, 0.2) is 0 Å². The molecule has 232 valence electrons. The van der Waals surface area contributed by atoms with E-state index in [-0.39, 0.29) is 17.4 Å². The number of aryl methyl sites for hydroxylation is 1. The number of ether oxygens (including phenoxy) is 1. The Labute approximate surface area is 245 Å². The van der Waals surface area contributed by atoms with Gasteiger partial charge in [0.2, 0.25) is 11.5 Å². The lowest BCUT2D eigenvalue weighted by molar-refractivity contribution is -0.187. The molecule has 4 rings (SSSR count). The lowest BCUT2D eigenvalue weighted by Crippen LogP contribution is -2.51. The van der Waals surface area contributed by atoms with Crippen LogP contribution in [-0.4, -0.2) is 65.6 Å². The number of halogens is 4. The third-order valence-corrected chi connectivity index (χ3v) is 7.72. The number of urea groups is 1. The quantitative estimate of drug-likeness (QED) is 0.369. The molecule has 5 amide bonds. The monoisotopic (exact) mass is 607 g/mol. The van der Waals surface area contributed by atoms with Gasteiger partial charge in [-0.3, -0.25) is 9.59 Å². The largest absolute Gasteiger partial charge is 0.427 e. The number of carbonyl (C=O) groups is 4. The molecule has 10 nitrogen and oxygen atoms in total. The van der Waals surface area contributed by atoms with Crippen molar-refractivity contribution in [2.75, 3.05) is 25.0 Å². The number of nitrogens with one attached hydrogen (secondary N) is 2. The van der Waals surface area contributed by atoms with Gasteiger partial charge in [0.1, 0.15) is 18.4 Å². The van der Waals surface area contributed by atoms with Crippen LogP contribution in [0.1, 0.15) is 43.9 Å². The summed E-state index contributed by atoms with van der Waals surface area (Å²) in [5.41, 5.74) is 5.29. The Morgan fingerprint density at radius 2 is 1.81 bits per heavy atom. The highest BCUT2D eigenvalue weighted by Crippen LogP contribution is 2.46. The van der Waals surface area contributed by atoms with Crippen LogP contribution in [0.5, 0.6) is 0 Å². The summed E-state index contributed by atoms with van der Waals surface area (Å²) >= 11 is 0. The molecule has 1 aliphatic carbocycles. The summed E-state index contributed by atoms with van der Waals surface area (Å²) in [6.07, 6.45) is -5.61. The molecular weight excluding hydrogens is 574 g/mol. The minimum absolute atomic E-state index is 0.0518. The molecule has 1 spiro atoms. The molecule has 1 saturated heterocycles. The summed E-state index contributed by atoms with van der Waals surface area (Å²) in [5, 5.41) is 5.44. The third kappa shape index (κ3) is 6.74. The van der Waals surface area contributed by atoms with Gasteiger partial charge in [-0.1, -0.05) is 32.0 Å². The number of alkyl halides is 3. The molecule has 0 unspecified atom stereocenters. The zero-order valence-electron chi connectivity index (χ0n) is 23.9. The van der Waals surface area contributed by atoms with Crippen LogP contribution in [-0.2, 0) is 32.9 Å². The number of benzene rings is 2. The molecule has 2 aromatic rings. The van der Waals surface area contributed by atoms with E-state index in [1.54, 1.807) is 6.07 Å². The molecule has 14 heteroatoms. The number of hydrogen-bond acceptors (Lipinski definition) is 6. The van der Waals surface area contributed by atoms with E-state index < -0.39 is 60.7 Å². The summed E-state index contributed by atoms with van der Waals surface area (Å²) in [5.74, 6) is -2.61. The minimum Gasteiger partial charge on any atom is -0.427 e. The van der Waals surface area contributed by atoms with Gasteiger partial charge in [0.25, 0.3) is 5.91 Å². The van der Waals surface area contributed by atoms with Gasteiger partial charge >= 0.3 is 18.3 Å². The van der Waals surface area contributed by atoms with Crippen molar-refractivity contribution >= 4 is 29.6 Å². The van der Waals surface area contributed by atoms with Crippen LogP contribution < -0.4 is 16.4 Å². The maximum absolute atomic E-state index is 13.7. The van der Waals surface area contributed by atoms with E-state index in [4.69, 9.17) is 10.5 Å². The van der Waals surface area contributed by atoms with Crippen molar-refractivity contribution in [3.63, 3.8) is 0 Å². The topological polar surface area (TPSA) is 134 Å². The zero-order chi connectivity index (χ0) is 31.7. The molecule has 0 bridgehead atoms. The van der Waals surface area contributed by atoms with Crippen molar-refractivity contribution in [1.29, 1.82) is 0 Å². The van der Waals surface area contributed by atoms with Gasteiger partial charge in [0, 0.05) is 30.8 Å². The summed E-state index contributed by atoms with van der Waals surface area (Å²) in [4.78, 5) is 52.9. The minimum atomic E-state index is -4.81. The average Bonchev–Trinajstić information content (AvgIpc) is 3.42. The number of fused-ring (bicyclic) bond motifs is 2. The van der Waals surface area contributed by atoms with E-state index in [0.29, 0.717) is 46.1 Å². The van der Waals surface area contributed by atoms with Crippen molar-refractivity contribution < 1.29 is 41.5 Å². The van der Waals surface area contributed by atoms with E-state index in [0.717, 1.165) is 19.1 Å². The van der Waals surface area contributed by atoms with Crippen LogP contribution in [0.25, 0.3) is 0 Å². The molecule has 1 aliphatic heterocycles. The van der Waals surface area contributed by atoms with Crippen molar-refractivity contribution in [2.45, 2.75) is 58.0 Å². The molecule has 2 atom stereocenters. The summed E-state index contributed by atoms with van der Waals surface area (Å²) in [6.45, 7) is 3.79. The number of hydrogen-bond donors (Lipinski definition) is 3. The first-order valence-corrected chi connectivity index (χ1v) is 13.6. The summed E-state index contributed by atoms with van der Waals surface area (Å²) in [6, 6.07) is 6.57. The molecule has 43 heavy (non-hydrogen) atoms. The summed E-state index contributed by atoms with van der Waals surface area (Å²) < 4.78 is 59.8. The standard InChI is InChI=1S/C29H33F4N5O5/c1-17(29(31,32)33)37(13-18-4-6-20(30)7-5-18)23(39)14-38-24(40)28(43-26(38)42)11-10-19-12-21(8-9-22(19)28)36-25(41)35-16-27(2,3)15-34/h4-9,12,17H,10-11,13-16,34H2,1-3H3,(H2,35,36,41)/t17-,28+/m0/s1. The second-order valence-electron chi connectivity index (χ2n) is 11.5. The second-order valence-corrected chi connectivity index (χ2v) is 11.5. The van der Waals surface area contributed by atoms with Crippen LogP contribution in [0.4, 0.5) is 32.8 Å². The fourth-order valence-corrected chi connectivity index (χ4v) is 4.93. The van der Waals surface area contributed by atoms with Gasteiger partial charge in [-0.05, 0) is 60.7 Å². The Balaban J connectivity index is 1.49. The number of anilines is 1. The Morgan fingerprint density at radius 1 is 1.14 bits per heavy atom. The number of carbonyl (C=O) groups excluding carboxylic acids is 4. The first kappa shape index (κ1) is 31.7. The van der Waals surface area contributed by atoms with Crippen molar-refractivity contribution in [3.05, 3.63) is 65.0 Å². The third-order valence-electron chi connectivity index (χ3n) is 7.72. The van der Waals surface area contributed by atoms with Crippen LogP contribution in [0, 0.1) is 11.2 Å². The maximum atomic E-state index is 13.7. The highest BCUT2D eigenvalue weighted by Gasteiger charge is 2.58. The zero-order valence-corrected chi connectivity index (χ0v) is 23.9. The summed E-state index contributed by atoms with van der Waals surface area (Å²) in [7, 11) is 0. The molecule has 4 N–H and O–H groups in total. The van der Waals surface area contributed by atoms with E-state index >= 15 is 0 Å². The Bertz CT molecular complexity index is 1410. The SMILES string of the molecule is C[C@H](N(Cc1ccc(F)cc1)C(=O)CN1C(=O)O[C@@]2(CCc3cc(NC(=O)NCC(C)(C)CN)ccc32)C1=O)C(F)(F)F. The fourth-order valence-electron chi connectivity index (χ4n) is 4.93. The average molecular weight is 608 g/mol. The number of rotatable bonds is 9. The van der Waals surface area contributed by atoms with Crippen LogP contribution >= 0.6 is 0 Å². The Kier molecular flexibility index (Phi) is 8.72. The molecular formula is C29H33F4N5O5. The number of amides is 5. The van der Waals surface area contributed by atoms with E-state index in [9.17, 15) is 36.7 Å². The Morgan fingerprint density at radius 3 is 2.44 bits per heavy atom. The van der Waals surface area contributed by atoms with Gasteiger partial charge < -0.3 is 26.0 Å². The van der Waals surface area contributed by atoms with E-state index in [1.807, 2.05) is 13.8 Å². The lowest BCUT2D eigenvalue weighted by Gasteiger charge is -2.31. The molecule has 2 aromatic carbocycles. The number of nitrogens with zero attached hydrogens (tertiary/aromatic N) is 2. The normalized spacial score (nSPS) is 18.8. The molecule has 0 radical (unpaired) electrons. The van der Waals surface area contributed by atoms with Crippen molar-refractivity contribution in [3.8, 4) is 0 Å². The Hall–Kier alpha value is -4.20. The molecule has 0 aromatic heterocycles. The van der Waals surface area contributed by atoms with Gasteiger partial charge in [-0.2, -0.15) is 13.2 Å². The predicted octanol–water partition coefficient (Wildman–Crippen LogP) is 4.03. The smallest absolute Gasteiger partial charge is 0.418 e. The van der Waals surface area contributed by atoms with Gasteiger partial charge in [-0.15, -0.1) is 0 Å². The predicted molar refractivity (Wildman–Crippen MR) is 147 cm³/mol. The first-order valence-electron chi connectivity index (χ1n) is 13.6. The number of nitrogens with two attached hydrogens (primary N) is 1. The highest BCUT2D eigenvalue weighted by molar-refractivity contribution is 6.06. The van der Waals surface area contributed by atoms with Crippen molar-refractivity contribution in [1.82, 2.24) is 15.1 Å². The van der Waals surface area contributed by atoms with E-state index in [1.165, 1.54) is 24.3 Å². The van der Waals surface area contributed by atoms with E-state index in [2.05, 4.69) is 10.6 Å². The fraction of sp³-hybridized carbons (Fsp3) is 0.448. The maximum Gasteiger partial charge on any atom is 0.418 e. The molecule has 1 fully saturated rings. The van der Waals surface area contributed by atoms with Gasteiger partial charge in [-0.25, -0.2) is 18.9 Å². The lowest BCUT2D eigenvalue weighted by atomic mass is 9.94. The number of imide groups is 1. The van der Waals surface area contributed by atoms with Crippen LogP contribution in [0.3, 0.4) is 0 Å². The van der Waals surface area contributed by atoms with Crippen molar-refractivity contribution in [2.24, 2.45) is 11.1 Å². The molecule has 1 heterocycles. The first-order chi connectivity index (χ1) is 20.1. The van der Waals surface area contributed by atoms with Crippen LogP contribution in [0.2, 0.25) is 0 Å². The molecule has 0 saturated carbocycles. The van der Waals surface area contributed by atoms with Gasteiger partial charge in [0.05, 0.1) is 0 Å².